The maximum Gasteiger partial charge on any atom is 0.341 e. The van der Waals surface area contributed by atoms with Gasteiger partial charge < -0.3 is 25.8 Å². The van der Waals surface area contributed by atoms with Crippen LogP contribution in [0.1, 0.15) is 55.4 Å². The summed E-state index contributed by atoms with van der Waals surface area (Å²) in [6.45, 7) is 2.06. The van der Waals surface area contributed by atoms with E-state index in [4.69, 9.17) is 5.73 Å². The van der Waals surface area contributed by atoms with Crippen LogP contribution in [0.25, 0.3) is 11.0 Å². The molecule has 1 fully saturated rings. The van der Waals surface area contributed by atoms with Crippen molar-refractivity contribution in [3.63, 3.8) is 0 Å². The minimum Gasteiger partial charge on any atom is -0.478 e. The average Bonchev–Trinajstić information content (AvgIpc) is 3.54. The van der Waals surface area contributed by atoms with Gasteiger partial charge >= 0.3 is 11.9 Å². The Hall–Kier alpha value is -3.27. The van der Waals surface area contributed by atoms with Crippen LogP contribution >= 0.6 is 0 Å². The van der Waals surface area contributed by atoms with Crippen molar-refractivity contribution in [2.75, 3.05) is 18.4 Å². The molecule has 3 rings (SSSR count). The number of halogens is 1. The van der Waals surface area contributed by atoms with Gasteiger partial charge in [-0.25, -0.2) is 19.0 Å². The Kier molecular flexibility index (Phi) is 6.69. The first-order valence-electron chi connectivity index (χ1n) is 10.1. The lowest BCUT2D eigenvalue weighted by molar-refractivity contribution is -0.132. The fourth-order valence-corrected chi connectivity index (χ4v) is 3.60. The van der Waals surface area contributed by atoms with Crippen LogP contribution in [0.5, 0.6) is 0 Å². The summed E-state index contributed by atoms with van der Waals surface area (Å²) in [6.07, 6.45) is 4.56. The van der Waals surface area contributed by atoms with Gasteiger partial charge in [-0.15, -0.1) is 0 Å². The Bertz CT molecular complexity index is 1120. The lowest BCUT2D eigenvalue weighted by atomic mass is 10.0. The van der Waals surface area contributed by atoms with E-state index in [0.29, 0.717) is 18.4 Å². The molecular weight excluding hydrogens is 407 g/mol. The number of aromatic carboxylic acids is 1. The molecule has 1 saturated carbocycles. The van der Waals surface area contributed by atoms with Crippen LogP contribution in [0.3, 0.4) is 0 Å². The molecule has 10 heteroatoms. The van der Waals surface area contributed by atoms with E-state index >= 15 is 0 Å². The Morgan fingerprint density at radius 1 is 1.32 bits per heavy atom. The molecule has 0 amide bonds. The summed E-state index contributed by atoms with van der Waals surface area (Å²) in [6, 6.07) is 1.03. The van der Waals surface area contributed by atoms with Gasteiger partial charge in [-0.2, -0.15) is 0 Å². The van der Waals surface area contributed by atoms with Crippen molar-refractivity contribution in [1.82, 2.24) is 9.55 Å². The molecule has 9 nitrogen and oxygen atoms in total. The molecule has 2 aromatic heterocycles. The number of hydrogen-bond donors (Lipinski definition) is 4. The highest BCUT2D eigenvalue weighted by Gasteiger charge is 2.28. The number of carbonyl (C=O) groups is 2. The van der Waals surface area contributed by atoms with Gasteiger partial charge in [0.15, 0.2) is 11.6 Å². The van der Waals surface area contributed by atoms with Gasteiger partial charge in [0, 0.05) is 30.9 Å². The number of aliphatic carboxylic acids is 1. The Morgan fingerprint density at radius 3 is 2.58 bits per heavy atom. The normalized spacial score (nSPS) is 14.4. The third-order valence-electron chi connectivity index (χ3n) is 5.29. The molecule has 1 aliphatic carbocycles. The van der Waals surface area contributed by atoms with Crippen LogP contribution in [-0.2, 0) is 4.79 Å². The molecule has 166 valence electrons. The molecule has 0 spiro atoms. The highest BCUT2D eigenvalue weighted by molar-refractivity contribution is 5.92. The van der Waals surface area contributed by atoms with E-state index in [1.165, 1.54) is 6.20 Å². The minimum absolute atomic E-state index is 0.0220. The maximum absolute atomic E-state index is 14.7. The quantitative estimate of drug-likeness (QED) is 0.419. The molecule has 0 bridgehead atoms. The zero-order chi connectivity index (χ0) is 22.7. The van der Waals surface area contributed by atoms with Gasteiger partial charge in [-0.3, -0.25) is 4.79 Å². The second-order valence-electron chi connectivity index (χ2n) is 7.52. The average molecular weight is 432 g/mol. The number of carboxylic acid groups (broad SMARTS) is 2. The van der Waals surface area contributed by atoms with Gasteiger partial charge in [-0.05, 0) is 31.7 Å². The maximum atomic E-state index is 14.7. The van der Waals surface area contributed by atoms with Crippen molar-refractivity contribution >= 4 is 28.8 Å². The number of fused-ring (bicyclic) bond motifs is 1. The molecule has 0 atom stereocenters. The third-order valence-corrected chi connectivity index (χ3v) is 5.29. The summed E-state index contributed by atoms with van der Waals surface area (Å²) in [5, 5.41) is 21.4. The fourth-order valence-electron chi connectivity index (χ4n) is 3.60. The van der Waals surface area contributed by atoms with E-state index in [0.717, 1.165) is 25.3 Å². The molecule has 0 unspecified atom stereocenters. The van der Waals surface area contributed by atoms with Crippen LogP contribution in [0.2, 0.25) is 0 Å². The summed E-state index contributed by atoms with van der Waals surface area (Å²) in [4.78, 5) is 39.5. The lowest BCUT2D eigenvalue weighted by Gasteiger charge is -2.15. The molecule has 31 heavy (non-hydrogen) atoms. The molecule has 2 aromatic rings. The van der Waals surface area contributed by atoms with Crippen LogP contribution in [0.15, 0.2) is 28.2 Å². The number of carboxylic acids is 2. The Balaban J connectivity index is 1.93. The van der Waals surface area contributed by atoms with Crippen molar-refractivity contribution < 1.29 is 24.2 Å². The van der Waals surface area contributed by atoms with E-state index in [9.17, 15) is 29.0 Å². The van der Waals surface area contributed by atoms with Crippen molar-refractivity contribution in [2.45, 2.75) is 45.1 Å². The summed E-state index contributed by atoms with van der Waals surface area (Å²) >= 11 is 0. The zero-order valence-electron chi connectivity index (χ0n) is 17.2. The van der Waals surface area contributed by atoms with Crippen LogP contribution in [0.4, 0.5) is 10.2 Å². The van der Waals surface area contributed by atoms with E-state index in [2.05, 4.69) is 10.3 Å². The van der Waals surface area contributed by atoms with Crippen molar-refractivity contribution in [3.8, 4) is 0 Å². The predicted molar refractivity (Wildman–Crippen MR) is 113 cm³/mol. The second-order valence-corrected chi connectivity index (χ2v) is 7.52. The van der Waals surface area contributed by atoms with Crippen molar-refractivity contribution in [1.29, 1.82) is 0 Å². The van der Waals surface area contributed by atoms with Crippen LogP contribution in [0, 0.1) is 5.82 Å². The first-order chi connectivity index (χ1) is 14.8. The molecule has 0 aliphatic heterocycles. The van der Waals surface area contributed by atoms with Gasteiger partial charge in [0.1, 0.15) is 11.2 Å². The topological polar surface area (TPSA) is 148 Å². The van der Waals surface area contributed by atoms with E-state index in [-0.39, 0.29) is 41.6 Å². The fraction of sp³-hybridized carbons (Fsp3) is 0.429. The smallest absolute Gasteiger partial charge is 0.341 e. The number of anilines is 1. The summed E-state index contributed by atoms with van der Waals surface area (Å²) in [5.74, 6) is -3.30. The molecular formula is C21H25FN4O5. The molecule has 0 radical (unpaired) electrons. The highest BCUT2D eigenvalue weighted by atomic mass is 19.1. The summed E-state index contributed by atoms with van der Waals surface area (Å²) in [5.41, 5.74) is 5.43. The zero-order valence-corrected chi connectivity index (χ0v) is 17.2. The number of aromatic nitrogens is 2. The third kappa shape index (κ3) is 4.74. The van der Waals surface area contributed by atoms with Gasteiger partial charge in [-0.1, -0.05) is 18.9 Å². The lowest BCUT2D eigenvalue weighted by Crippen LogP contribution is -2.20. The number of pyridine rings is 2. The Labute approximate surface area is 177 Å². The van der Waals surface area contributed by atoms with E-state index < -0.39 is 28.7 Å². The summed E-state index contributed by atoms with van der Waals surface area (Å²) in [7, 11) is 0. The molecule has 2 heterocycles. The van der Waals surface area contributed by atoms with Gasteiger partial charge in [0.05, 0.1) is 5.39 Å². The monoisotopic (exact) mass is 432 g/mol. The second kappa shape index (κ2) is 9.25. The number of nitrogens with two attached hydrogens (primary N) is 1. The predicted octanol–water partition coefficient (Wildman–Crippen LogP) is 2.51. The van der Waals surface area contributed by atoms with E-state index in [1.807, 2.05) is 6.92 Å². The van der Waals surface area contributed by atoms with Gasteiger partial charge in [0.25, 0.3) is 0 Å². The highest BCUT2D eigenvalue weighted by Crippen LogP contribution is 2.37. The first-order valence-corrected chi connectivity index (χ1v) is 10.1. The molecule has 5 N–H and O–H groups in total. The largest absolute Gasteiger partial charge is 0.478 e. The number of hydrogen-bond acceptors (Lipinski definition) is 6. The molecule has 0 aromatic carbocycles. The molecule has 1 aliphatic rings. The number of nitrogens with one attached hydrogen (secondary N) is 1. The van der Waals surface area contributed by atoms with Gasteiger partial charge in [0.2, 0.25) is 5.43 Å². The van der Waals surface area contributed by atoms with E-state index in [1.54, 1.807) is 4.57 Å². The standard InChI is InChI=1S/C21H25FN4O5/c1-2-3-11(14(9-23)20(28)29)6-7-24-18-16(22)8-13-17(27)15(21(30)31)10-26(12-4-5-12)19(13)25-18/h8,10,12H,2-7,9,23H2,1H3,(H,24,25)(H,28,29)(H,30,31)/b14-11+. The van der Waals surface area contributed by atoms with Crippen LogP contribution < -0.4 is 16.5 Å². The minimum atomic E-state index is -1.37. The number of nitrogens with zero attached hydrogens (tertiary/aromatic N) is 2. The van der Waals surface area contributed by atoms with Crippen LogP contribution in [-0.4, -0.2) is 44.8 Å². The van der Waals surface area contributed by atoms with Crippen molar-refractivity contribution in [2.24, 2.45) is 5.73 Å². The molecule has 0 saturated heterocycles. The summed E-state index contributed by atoms with van der Waals surface area (Å²) < 4.78 is 16.3. The first kappa shape index (κ1) is 22.4. The Morgan fingerprint density at radius 2 is 2.03 bits per heavy atom. The van der Waals surface area contributed by atoms with Crippen molar-refractivity contribution in [3.05, 3.63) is 45.0 Å². The SMILES string of the molecule is CCC/C(CCNc1nc2c(cc1F)c(=O)c(C(=O)O)cn2C1CC1)=C(/CN)C(=O)O. The number of rotatable bonds is 10.